The minimum Gasteiger partial charge on any atom is -0.466 e. The highest BCUT2D eigenvalue weighted by atomic mass is 16.5. The molecule has 290 valence electrons. The molecule has 6 nitrogen and oxygen atoms in total. The standard InChI is InChI=1S/C44H79NO5/c1-3-5-7-9-11-13-15-16-17-22-26-30-34-38-44(49)50-39-35-31-27-23-19-18-21-25-29-33-37-43(48)45-41(40-46)42(47)36-32-28-24-20-14-12-10-8-6-4-2/h7,9,13,15,19,23,32,36,41-42,46-47H,3-6,8,10-12,14,16-18,20-22,24-31,33-35,37-40H2,1-2H3,(H,45,48)/b9-7-,15-13-,23-19-,36-32+. The number of hydrogen-bond donors (Lipinski definition) is 3. The molecule has 1 amide bonds. The number of aliphatic hydroxyl groups is 2. The van der Waals surface area contributed by atoms with Gasteiger partial charge in [-0.3, -0.25) is 9.59 Å². The van der Waals surface area contributed by atoms with Crippen LogP contribution in [0, 0.1) is 0 Å². The SMILES string of the molecule is CCC/C=C\C/C=C\CCCCCCCC(=O)OCCCC/C=C\CCCCCCC(=O)NC(CO)C(O)/C=C/CCCCCCCCCC. The lowest BCUT2D eigenvalue weighted by Gasteiger charge is -2.20. The van der Waals surface area contributed by atoms with Gasteiger partial charge >= 0.3 is 5.97 Å². The number of esters is 1. The lowest BCUT2D eigenvalue weighted by Crippen LogP contribution is -2.45. The lowest BCUT2D eigenvalue weighted by molar-refractivity contribution is -0.143. The third-order valence-corrected chi connectivity index (χ3v) is 9.04. The van der Waals surface area contributed by atoms with E-state index < -0.39 is 12.1 Å². The average molecular weight is 702 g/mol. The summed E-state index contributed by atoms with van der Waals surface area (Å²) in [7, 11) is 0. The first-order valence-corrected chi connectivity index (χ1v) is 20.9. The maximum Gasteiger partial charge on any atom is 0.305 e. The summed E-state index contributed by atoms with van der Waals surface area (Å²) in [6.07, 6.45) is 46.6. The number of aliphatic hydroxyl groups excluding tert-OH is 2. The average Bonchev–Trinajstić information content (AvgIpc) is 3.11. The van der Waals surface area contributed by atoms with E-state index in [-0.39, 0.29) is 18.5 Å². The maximum atomic E-state index is 12.3. The van der Waals surface area contributed by atoms with Crippen LogP contribution >= 0.6 is 0 Å². The van der Waals surface area contributed by atoms with Crippen molar-refractivity contribution in [2.75, 3.05) is 13.2 Å². The Labute approximate surface area is 308 Å². The molecule has 50 heavy (non-hydrogen) atoms. The van der Waals surface area contributed by atoms with E-state index >= 15 is 0 Å². The van der Waals surface area contributed by atoms with Gasteiger partial charge in [-0.2, -0.15) is 0 Å². The lowest BCUT2D eigenvalue weighted by atomic mass is 10.1. The van der Waals surface area contributed by atoms with Gasteiger partial charge in [0.05, 0.1) is 25.4 Å². The quantitative estimate of drug-likeness (QED) is 0.0340. The van der Waals surface area contributed by atoms with E-state index in [1.165, 1.54) is 77.0 Å². The van der Waals surface area contributed by atoms with Crippen LogP contribution < -0.4 is 5.32 Å². The largest absolute Gasteiger partial charge is 0.466 e. The topological polar surface area (TPSA) is 95.9 Å². The number of amides is 1. The van der Waals surface area contributed by atoms with E-state index in [2.05, 4.69) is 55.6 Å². The summed E-state index contributed by atoms with van der Waals surface area (Å²) in [4.78, 5) is 24.3. The van der Waals surface area contributed by atoms with Gasteiger partial charge in [0.15, 0.2) is 0 Å². The van der Waals surface area contributed by atoms with Crippen LogP contribution in [-0.2, 0) is 14.3 Å². The molecule has 0 aromatic heterocycles. The molecule has 0 radical (unpaired) electrons. The van der Waals surface area contributed by atoms with Crippen LogP contribution in [0.4, 0.5) is 0 Å². The number of unbranched alkanes of at least 4 members (excludes halogenated alkanes) is 20. The Morgan fingerprint density at radius 3 is 1.62 bits per heavy atom. The van der Waals surface area contributed by atoms with Crippen molar-refractivity contribution in [3.8, 4) is 0 Å². The fourth-order valence-corrected chi connectivity index (χ4v) is 5.78. The van der Waals surface area contributed by atoms with Crippen molar-refractivity contribution in [3.05, 3.63) is 48.6 Å². The molecule has 0 aliphatic heterocycles. The molecule has 6 heteroatoms. The second-order valence-electron chi connectivity index (χ2n) is 14.0. The van der Waals surface area contributed by atoms with Crippen LogP contribution in [-0.4, -0.2) is 47.4 Å². The number of ether oxygens (including phenoxy) is 1. The molecule has 0 aromatic carbocycles. The van der Waals surface area contributed by atoms with E-state index in [1.807, 2.05) is 6.08 Å². The molecule has 0 aliphatic rings. The van der Waals surface area contributed by atoms with Crippen molar-refractivity contribution in [3.63, 3.8) is 0 Å². The van der Waals surface area contributed by atoms with Gasteiger partial charge in [-0.1, -0.05) is 146 Å². The number of allylic oxidation sites excluding steroid dienone is 7. The molecule has 0 bridgehead atoms. The molecule has 2 unspecified atom stereocenters. The highest BCUT2D eigenvalue weighted by Gasteiger charge is 2.17. The summed E-state index contributed by atoms with van der Waals surface area (Å²) in [6.45, 7) is 4.69. The minimum atomic E-state index is -0.865. The predicted octanol–water partition coefficient (Wildman–Crippen LogP) is 11.6. The predicted molar refractivity (Wildman–Crippen MR) is 213 cm³/mol. The Morgan fingerprint density at radius 1 is 0.560 bits per heavy atom. The zero-order chi connectivity index (χ0) is 36.6. The van der Waals surface area contributed by atoms with Crippen LogP contribution in [0.1, 0.15) is 194 Å². The fraction of sp³-hybridized carbons (Fsp3) is 0.773. The van der Waals surface area contributed by atoms with Gasteiger partial charge < -0.3 is 20.3 Å². The molecule has 0 heterocycles. The Morgan fingerprint density at radius 2 is 1.04 bits per heavy atom. The molecular weight excluding hydrogens is 622 g/mol. The number of nitrogens with one attached hydrogen (secondary N) is 1. The molecule has 0 aromatic rings. The minimum absolute atomic E-state index is 0.0559. The third-order valence-electron chi connectivity index (χ3n) is 9.04. The van der Waals surface area contributed by atoms with E-state index in [1.54, 1.807) is 6.08 Å². The Bertz CT molecular complexity index is 864. The van der Waals surface area contributed by atoms with E-state index in [4.69, 9.17) is 4.74 Å². The van der Waals surface area contributed by atoms with Crippen LogP contribution in [0.2, 0.25) is 0 Å². The molecule has 0 spiro atoms. The summed E-state index contributed by atoms with van der Waals surface area (Å²) < 4.78 is 5.40. The number of carbonyl (C=O) groups excluding carboxylic acids is 2. The molecule has 0 saturated heterocycles. The van der Waals surface area contributed by atoms with Gasteiger partial charge in [-0.25, -0.2) is 0 Å². The fourth-order valence-electron chi connectivity index (χ4n) is 5.78. The normalized spacial score (nSPS) is 13.3. The van der Waals surface area contributed by atoms with Gasteiger partial charge in [-0.05, 0) is 83.5 Å². The monoisotopic (exact) mass is 702 g/mol. The van der Waals surface area contributed by atoms with Crippen molar-refractivity contribution in [2.45, 2.75) is 206 Å². The number of rotatable bonds is 37. The van der Waals surface area contributed by atoms with E-state index in [0.717, 1.165) is 89.9 Å². The highest BCUT2D eigenvalue weighted by molar-refractivity contribution is 5.76. The number of hydrogen-bond acceptors (Lipinski definition) is 5. The highest BCUT2D eigenvalue weighted by Crippen LogP contribution is 2.12. The van der Waals surface area contributed by atoms with Gasteiger partial charge in [0.25, 0.3) is 0 Å². The van der Waals surface area contributed by atoms with Crippen LogP contribution in [0.3, 0.4) is 0 Å². The summed E-state index contributed by atoms with van der Waals surface area (Å²) in [5.74, 6) is -0.166. The molecule has 0 saturated carbocycles. The molecular formula is C44H79NO5. The Hall–Kier alpha value is -2.18. The van der Waals surface area contributed by atoms with Gasteiger partial charge in [-0.15, -0.1) is 0 Å². The summed E-state index contributed by atoms with van der Waals surface area (Å²) in [5, 5.41) is 22.8. The first-order chi connectivity index (χ1) is 24.5. The molecule has 0 rings (SSSR count). The van der Waals surface area contributed by atoms with Crippen LogP contribution in [0.25, 0.3) is 0 Å². The van der Waals surface area contributed by atoms with Crippen molar-refractivity contribution >= 4 is 11.9 Å². The molecule has 3 N–H and O–H groups in total. The van der Waals surface area contributed by atoms with Gasteiger partial charge in [0.2, 0.25) is 5.91 Å². The summed E-state index contributed by atoms with van der Waals surface area (Å²) in [5.41, 5.74) is 0. The van der Waals surface area contributed by atoms with Crippen LogP contribution in [0.5, 0.6) is 0 Å². The van der Waals surface area contributed by atoms with E-state index in [0.29, 0.717) is 19.4 Å². The Balaban J connectivity index is 3.61. The molecule has 2 atom stereocenters. The van der Waals surface area contributed by atoms with Gasteiger partial charge in [0.1, 0.15) is 0 Å². The smallest absolute Gasteiger partial charge is 0.305 e. The maximum absolute atomic E-state index is 12.3. The number of carbonyl (C=O) groups is 2. The van der Waals surface area contributed by atoms with Gasteiger partial charge in [0, 0.05) is 12.8 Å². The van der Waals surface area contributed by atoms with Crippen molar-refractivity contribution < 1.29 is 24.5 Å². The van der Waals surface area contributed by atoms with Crippen molar-refractivity contribution in [2.24, 2.45) is 0 Å². The molecule has 0 aliphatic carbocycles. The zero-order valence-corrected chi connectivity index (χ0v) is 32.6. The molecule has 0 fully saturated rings. The summed E-state index contributed by atoms with van der Waals surface area (Å²) in [6, 6.07) is -0.652. The Kier molecular flexibility index (Phi) is 37.9. The van der Waals surface area contributed by atoms with E-state index in [9.17, 15) is 19.8 Å². The summed E-state index contributed by atoms with van der Waals surface area (Å²) >= 11 is 0. The second kappa shape index (κ2) is 39.6. The zero-order valence-electron chi connectivity index (χ0n) is 32.6. The van der Waals surface area contributed by atoms with Crippen molar-refractivity contribution in [1.29, 1.82) is 0 Å². The first-order valence-electron chi connectivity index (χ1n) is 20.9. The third kappa shape index (κ3) is 35.6. The first kappa shape index (κ1) is 47.8. The second-order valence-corrected chi connectivity index (χ2v) is 14.0. The van der Waals surface area contributed by atoms with Crippen LogP contribution in [0.15, 0.2) is 48.6 Å². The van der Waals surface area contributed by atoms with Crippen molar-refractivity contribution in [1.82, 2.24) is 5.32 Å².